The molecule has 92 valence electrons. The van der Waals surface area contributed by atoms with E-state index in [0.717, 1.165) is 12.8 Å². The van der Waals surface area contributed by atoms with E-state index in [1.807, 2.05) is 6.92 Å². The number of hydrogen-bond acceptors (Lipinski definition) is 2. The third kappa shape index (κ3) is 7.80. The average Bonchev–Trinajstić information content (AvgIpc) is 2.10. The van der Waals surface area contributed by atoms with Gasteiger partial charge in [0.05, 0.1) is 5.60 Å². The van der Waals surface area contributed by atoms with E-state index in [9.17, 15) is 5.11 Å². The quantitative estimate of drug-likeness (QED) is 0.652. The second kappa shape index (κ2) is 7.24. The molecule has 0 aromatic carbocycles. The zero-order valence-corrected chi connectivity index (χ0v) is 11.1. The van der Waals surface area contributed by atoms with E-state index in [1.165, 1.54) is 12.8 Å². The molecule has 2 unspecified atom stereocenters. The van der Waals surface area contributed by atoms with Crippen molar-refractivity contribution in [1.29, 1.82) is 0 Å². The number of aliphatic hydroxyl groups is 1. The minimum absolute atomic E-state index is 0.549. The minimum Gasteiger partial charge on any atom is -0.389 e. The summed E-state index contributed by atoms with van der Waals surface area (Å²) in [5.74, 6) is 0.549. The summed E-state index contributed by atoms with van der Waals surface area (Å²) in [6.45, 7) is 11.3. The molecular weight excluding hydrogens is 186 g/mol. The molecule has 0 spiro atoms. The van der Waals surface area contributed by atoms with Gasteiger partial charge in [-0.3, -0.25) is 0 Å². The molecule has 0 rings (SSSR count). The Labute approximate surface area is 95.5 Å². The number of rotatable bonds is 8. The highest BCUT2D eigenvalue weighted by molar-refractivity contribution is 4.79. The van der Waals surface area contributed by atoms with Crippen LogP contribution in [0.4, 0.5) is 0 Å². The molecule has 0 aromatic heterocycles. The van der Waals surface area contributed by atoms with E-state index in [0.29, 0.717) is 18.5 Å². The highest BCUT2D eigenvalue weighted by Gasteiger charge is 2.22. The van der Waals surface area contributed by atoms with Crippen molar-refractivity contribution >= 4 is 0 Å². The van der Waals surface area contributed by atoms with Gasteiger partial charge < -0.3 is 10.4 Å². The Morgan fingerprint density at radius 2 is 1.87 bits per heavy atom. The number of nitrogens with one attached hydrogen (secondary N) is 1. The van der Waals surface area contributed by atoms with Gasteiger partial charge in [-0.25, -0.2) is 0 Å². The van der Waals surface area contributed by atoms with Gasteiger partial charge in [0.15, 0.2) is 0 Å². The molecule has 2 heteroatoms. The lowest BCUT2D eigenvalue weighted by Crippen LogP contribution is -2.43. The molecule has 0 saturated heterocycles. The summed E-state index contributed by atoms with van der Waals surface area (Å²) in [6.07, 6.45) is 4.42. The maximum atomic E-state index is 10.1. The summed E-state index contributed by atoms with van der Waals surface area (Å²) in [4.78, 5) is 0. The third-order valence-electron chi connectivity index (χ3n) is 2.75. The molecule has 0 aliphatic heterocycles. The molecule has 0 saturated carbocycles. The van der Waals surface area contributed by atoms with Crippen LogP contribution in [0.5, 0.6) is 0 Å². The van der Waals surface area contributed by atoms with Gasteiger partial charge in [0, 0.05) is 12.6 Å². The maximum absolute atomic E-state index is 10.1. The molecular formula is C13H29NO. The highest BCUT2D eigenvalue weighted by atomic mass is 16.3. The van der Waals surface area contributed by atoms with E-state index in [2.05, 4.69) is 33.0 Å². The molecule has 0 amide bonds. The van der Waals surface area contributed by atoms with Gasteiger partial charge in [0.1, 0.15) is 0 Å². The van der Waals surface area contributed by atoms with Gasteiger partial charge in [-0.1, -0.05) is 34.1 Å². The summed E-state index contributed by atoms with van der Waals surface area (Å²) < 4.78 is 0. The first kappa shape index (κ1) is 14.9. The van der Waals surface area contributed by atoms with Crippen LogP contribution in [0, 0.1) is 5.92 Å². The van der Waals surface area contributed by atoms with Crippen LogP contribution in [-0.4, -0.2) is 23.3 Å². The van der Waals surface area contributed by atoms with Crippen molar-refractivity contribution in [2.75, 3.05) is 6.54 Å². The highest BCUT2D eigenvalue weighted by Crippen LogP contribution is 2.15. The Balaban J connectivity index is 3.89. The molecule has 2 nitrogen and oxygen atoms in total. The van der Waals surface area contributed by atoms with Crippen LogP contribution in [0.2, 0.25) is 0 Å². The first-order chi connectivity index (χ1) is 6.91. The molecule has 15 heavy (non-hydrogen) atoms. The first-order valence-corrected chi connectivity index (χ1v) is 6.37. The smallest absolute Gasteiger partial charge is 0.0746 e. The van der Waals surface area contributed by atoms with E-state index < -0.39 is 5.60 Å². The van der Waals surface area contributed by atoms with Crippen LogP contribution >= 0.6 is 0 Å². The van der Waals surface area contributed by atoms with Gasteiger partial charge in [0.2, 0.25) is 0 Å². The van der Waals surface area contributed by atoms with Gasteiger partial charge in [-0.15, -0.1) is 0 Å². The molecule has 0 fully saturated rings. The fraction of sp³-hybridized carbons (Fsp3) is 1.00. The van der Waals surface area contributed by atoms with Gasteiger partial charge in [0.25, 0.3) is 0 Å². The van der Waals surface area contributed by atoms with Crippen LogP contribution in [-0.2, 0) is 0 Å². The summed E-state index contributed by atoms with van der Waals surface area (Å²) in [6, 6.07) is 0.564. The van der Waals surface area contributed by atoms with Crippen molar-refractivity contribution in [3.05, 3.63) is 0 Å². The summed E-state index contributed by atoms with van der Waals surface area (Å²) in [5, 5.41) is 13.6. The topological polar surface area (TPSA) is 32.3 Å². The van der Waals surface area contributed by atoms with Gasteiger partial charge in [-0.2, -0.15) is 0 Å². The van der Waals surface area contributed by atoms with Crippen molar-refractivity contribution < 1.29 is 5.11 Å². The Bertz CT molecular complexity index is 155. The molecule has 0 radical (unpaired) electrons. The predicted octanol–water partition coefficient (Wildman–Crippen LogP) is 2.95. The maximum Gasteiger partial charge on any atom is 0.0746 e. The predicted molar refractivity (Wildman–Crippen MR) is 67.1 cm³/mol. The molecule has 0 aliphatic rings. The van der Waals surface area contributed by atoms with Crippen LogP contribution in [0.15, 0.2) is 0 Å². The van der Waals surface area contributed by atoms with Crippen LogP contribution in [0.3, 0.4) is 0 Å². The zero-order chi connectivity index (χ0) is 11.9. The first-order valence-electron chi connectivity index (χ1n) is 6.37. The van der Waals surface area contributed by atoms with Crippen LogP contribution < -0.4 is 5.32 Å². The van der Waals surface area contributed by atoms with E-state index in [-0.39, 0.29) is 0 Å². The SMILES string of the molecule is CCCC(CC)NCC(C)(O)CC(C)C. The fourth-order valence-electron chi connectivity index (χ4n) is 2.11. The van der Waals surface area contributed by atoms with Crippen LogP contribution in [0.1, 0.15) is 60.3 Å². The fourth-order valence-corrected chi connectivity index (χ4v) is 2.11. The third-order valence-corrected chi connectivity index (χ3v) is 2.75. The Morgan fingerprint density at radius 3 is 2.27 bits per heavy atom. The van der Waals surface area contributed by atoms with Crippen molar-refractivity contribution in [2.45, 2.75) is 71.9 Å². The molecule has 0 heterocycles. The van der Waals surface area contributed by atoms with E-state index in [4.69, 9.17) is 0 Å². The normalized spacial score (nSPS) is 17.8. The monoisotopic (exact) mass is 215 g/mol. The van der Waals surface area contributed by atoms with Crippen molar-refractivity contribution in [3.8, 4) is 0 Å². The largest absolute Gasteiger partial charge is 0.389 e. The summed E-state index contributed by atoms with van der Waals surface area (Å²) >= 11 is 0. The molecule has 2 atom stereocenters. The summed E-state index contributed by atoms with van der Waals surface area (Å²) in [7, 11) is 0. The molecule has 0 bridgehead atoms. The second-order valence-corrected chi connectivity index (χ2v) is 5.37. The number of hydrogen-bond donors (Lipinski definition) is 2. The molecule has 0 aliphatic carbocycles. The van der Waals surface area contributed by atoms with E-state index in [1.54, 1.807) is 0 Å². The minimum atomic E-state index is -0.560. The Morgan fingerprint density at radius 1 is 1.27 bits per heavy atom. The average molecular weight is 215 g/mol. The summed E-state index contributed by atoms with van der Waals surface area (Å²) in [5.41, 5.74) is -0.560. The standard InChI is InChI=1S/C13H29NO/c1-6-8-12(7-2)14-10-13(5,15)9-11(3)4/h11-12,14-15H,6-10H2,1-5H3. The van der Waals surface area contributed by atoms with Crippen LogP contribution in [0.25, 0.3) is 0 Å². The lowest BCUT2D eigenvalue weighted by Gasteiger charge is -2.28. The van der Waals surface area contributed by atoms with Gasteiger partial charge >= 0.3 is 0 Å². The molecule has 0 aromatic rings. The van der Waals surface area contributed by atoms with Crippen molar-refractivity contribution in [2.24, 2.45) is 5.92 Å². The lowest BCUT2D eigenvalue weighted by atomic mass is 9.94. The van der Waals surface area contributed by atoms with E-state index >= 15 is 0 Å². The zero-order valence-electron chi connectivity index (χ0n) is 11.1. The Kier molecular flexibility index (Phi) is 7.20. The van der Waals surface area contributed by atoms with Crippen molar-refractivity contribution in [1.82, 2.24) is 5.32 Å². The van der Waals surface area contributed by atoms with Crippen molar-refractivity contribution in [3.63, 3.8) is 0 Å². The second-order valence-electron chi connectivity index (χ2n) is 5.37. The molecule has 2 N–H and O–H groups in total. The van der Waals surface area contributed by atoms with Gasteiger partial charge in [-0.05, 0) is 32.1 Å². The Hall–Kier alpha value is -0.0800. The lowest BCUT2D eigenvalue weighted by molar-refractivity contribution is 0.0354.